The molecule has 0 amide bonds. The minimum atomic E-state index is -0.963. The molecule has 0 bridgehead atoms. The van der Waals surface area contributed by atoms with Gasteiger partial charge in [0, 0.05) is 27.6 Å². The average molecular weight is 439 g/mol. The van der Waals surface area contributed by atoms with Crippen LogP contribution < -0.4 is 4.74 Å². The Kier molecular flexibility index (Phi) is 5.62. The third kappa shape index (κ3) is 4.25. The molecule has 4 rings (SSSR count). The van der Waals surface area contributed by atoms with Gasteiger partial charge in [-0.2, -0.15) is 0 Å². The molecule has 0 unspecified atom stereocenters. The van der Waals surface area contributed by atoms with E-state index in [1.165, 1.54) is 0 Å². The van der Waals surface area contributed by atoms with E-state index in [0.29, 0.717) is 40.0 Å². The molecule has 0 aliphatic heterocycles. The van der Waals surface area contributed by atoms with E-state index in [-0.39, 0.29) is 11.3 Å². The second kappa shape index (κ2) is 8.34. The van der Waals surface area contributed by atoms with Crippen LogP contribution in [0.4, 0.5) is 0 Å². The van der Waals surface area contributed by atoms with Gasteiger partial charge < -0.3 is 9.84 Å². The lowest BCUT2D eigenvalue weighted by molar-refractivity contribution is 0.0696. The summed E-state index contributed by atoms with van der Waals surface area (Å²) in [6.45, 7) is 0.301. The van der Waals surface area contributed by atoms with Gasteiger partial charge in [0.15, 0.2) is 5.78 Å². The van der Waals surface area contributed by atoms with Crippen LogP contribution in [-0.2, 0) is 13.0 Å². The summed E-state index contributed by atoms with van der Waals surface area (Å²) in [6, 6.07) is 17.1. The summed E-state index contributed by atoms with van der Waals surface area (Å²) < 4.78 is 5.82. The molecule has 4 nitrogen and oxygen atoms in total. The number of carboxylic acid groups (broad SMARTS) is 1. The fraction of sp³-hybridized carbons (Fsp3) is 0.0833. The van der Waals surface area contributed by atoms with Crippen LogP contribution in [-0.4, -0.2) is 16.9 Å². The fourth-order valence-corrected chi connectivity index (χ4v) is 3.78. The molecule has 0 heterocycles. The Morgan fingerprint density at radius 1 is 1.03 bits per heavy atom. The van der Waals surface area contributed by atoms with Crippen molar-refractivity contribution in [3.05, 3.63) is 104 Å². The number of ketones is 1. The minimum absolute atomic E-state index is 0.0215. The van der Waals surface area contributed by atoms with E-state index in [4.69, 9.17) is 33.0 Å². The zero-order valence-corrected chi connectivity index (χ0v) is 17.2. The maximum Gasteiger partial charge on any atom is 0.335 e. The topological polar surface area (TPSA) is 63.6 Å². The number of hydrogen-bond donors (Lipinski definition) is 1. The van der Waals surface area contributed by atoms with Crippen molar-refractivity contribution in [2.45, 2.75) is 13.0 Å². The van der Waals surface area contributed by atoms with E-state index >= 15 is 0 Å². The summed E-state index contributed by atoms with van der Waals surface area (Å²) in [7, 11) is 0. The van der Waals surface area contributed by atoms with Crippen LogP contribution in [0.5, 0.6) is 5.75 Å². The van der Waals surface area contributed by atoms with Crippen molar-refractivity contribution >= 4 is 41.0 Å². The largest absolute Gasteiger partial charge is 0.489 e. The lowest BCUT2D eigenvalue weighted by atomic mass is 10.1. The molecule has 1 N–H and O–H groups in total. The highest BCUT2D eigenvalue weighted by Crippen LogP contribution is 2.32. The number of carbonyl (C=O) groups is 2. The molecular formula is C24H16Cl2O4. The number of benzene rings is 3. The van der Waals surface area contributed by atoms with Gasteiger partial charge >= 0.3 is 5.97 Å². The standard InChI is InChI=1S/C24H16Cl2O4/c25-19-6-5-16(22(26)12-19)9-18-10-17-11-20(7-8-21(17)23(18)27)30-13-14-1-3-15(4-2-14)24(28)29/h1-9,11-12H,10,13H2,(H,28,29)/b18-9+. The van der Waals surface area contributed by atoms with Crippen molar-refractivity contribution in [1.82, 2.24) is 0 Å². The Bertz CT molecular complexity index is 1180. The summed E-state index contributed by atoms with van der Waals surface area (Å²) in [6.07, 6.45) is 2.29. The van der Waals surface area contributed by atoms with Crippen LogP contribution in [0.2, 0.25) is 10.0 Å². The first-order chi connectivity index (χ1) is 14.4. The number of allylic oxidation sites excluding steroid dienone is 1. The third-order valence-corrected chi connectivity index (χ3v) is 5.45. The molecule has 150 valence electrons. The molecule has 3 aromatic rings. The number of halogens is 2. The third-order valence-electron chi connectivity index (χ3n) is 4.89. The maximum absolute atomic E-state index is 12.7. The first-order valence-electron chi connectivity index (χ1n) is 9.19. The van der Waals surface area contributed by atoms with Crippen LogP contribution in [0.25, 0.3) is 6.08 Å². The normalized spacial score (nSPS) is 14.1. The molecule has 1 aliphatic carbocycles. The van der Waals surface area contributed by atoms with Crippen molar-refractivity contribution in [3.8, 4) is 5.75 Å². The zero-order chi connectivity index (χ0) is 21.3. The highest BCUT2D eigenvalue weighted by Gasteiger charge is 2.25. The average Bonchev–Trinajstić information content (AvgIpc) is 3.03. The Balaban J connectivity index is 1.49. The maximum atomic E-state index is 12.7. The van der Waals surface area contributed by atoms with Gasteiger partial charge in [0.05, 0.1) is 5.56 Å². The van der Waals surface area contributed by atoms with Crippen LogP contribution in [0.1, 0.15) is 37.4 Å². The molecule has 0 saturated carbocycles. The molecule has 0 fully saturated rings. The van der Waals surface area contributed by atoms with Crippen molar-refractivity contribution < 1.29 is 19.4 Å². The molecular weight excluding hydrogens is 423 g/mol. The summed E-state index contributed by atoms with van der Waals surface area (Å²) in [5, 5.41) is 10.0. The number of aromatic carboxylic acids is 1. The Hall–Kier alpha value is -3.08. The van der Waals surface area contributed by atoms with E-state index < -0.39 is 5.97 Å². The second-order valence-electron chi connectivity index (χ2n) is 6.95. The molecule has 0 aromatic heterocycles. The van der Waals surface area contributed by atoms with Crippen molar-refractivity contribution in [2.75, 3.05) is 0 Å². The second-order valence-corrected chi connectivity index (χ2v) is 7.79. The van der Waals surface area contributed by atoms with Gasteiger partial charge in [-0.05, 0) is 65.2 Å². The van der Waals surface area contributed by atoms with Gasteiger partial charge in [0.2, 0.25) is 0 Å². The molecule has 30 heavy (non-hydrogen) atoms. The molecule has 6 heteroatoms. The summed E-state index contributed by atoms with van der Waals surface area (Å²) in [4.78, 5) is 23.7. The first-order valence-corrected chi connectivity index (χ1v) is 9.94. The lowest BCUT2D eigenvalue weighted by Gasteiger charge is -2.08. The number of ether oxygens (including phenoxy) is 1. The van der Waals surface area contributed by atoms with Gasteiger partial charge in [0.25, 0.3) is 0 Å². The van der Waals surface area contributed by atoms with Gasteiger partial charge in [0.1, 0.15) is 12.4 Å². The van der Waals surface area contributed by atoms with Gasteiger partial charge in [-0.1, -0.05) is 41.4 Å². The molecule has 1 aliphatic rings. The molecule has 0 spiro atoms. The number of rotatable bonds is 5. The Labute approximate surface area is 183 Å². The number of carbonyl (C=O) groups excluding carboxylic acids is 1. The molecule has 3 aromatic carbocycles. The van der Waals surface area contributed by atoms with E-state index in [9.17, 15) is 9.59 Å². The predicted octanol–water partition coefficient (Wildman–Crippen LogP) is 6.09. The van der Waals surface area contributed by atoms with Gasteiger partial charge in [-0.25, -0.2) is 4.79 Å². The van der Waals surface area contributed by atoms with Crippen LogP contribution in [0.15, 0.2) is 66.2 Å². The van der Waals surface area contributed by atoms with E-state index in [0.717, 1.165) is 16.7 Å². The van der Waals surface area contributed by atoms with Crippen molar-refractivity contribution in [1.29, 1.82) is 0 Å². The highest BCUT2D eigenvalue weighted by atomic mass is 35.5. The summed E-state index contributed by atoms with van der Waals surface area (Å²) in [5.74, 6) is -0.337. The van der Waals surface area contributed by atoms with E-state index in [2.05, 4.69) is 0 Å². The Morgan fingerprint density at radius 3 is 2.50 bits per heavy atom. The smallest absolute Gasteiger partial charge is 0.335 e. The van der Waals surface area contributed by atoms with Crippen molar-refractivity contribution in [2.24, 2.45) is 0 Å². The number of fused-ring (bicyclic) bond motifs is 1. The quantitative estimate of drug-likeness (QED) is 0.489. The molecule has 0 radical (unpaired) electrons. The highest BCUT2D eigenvalue weighted by molar-refractivity contribution is 6.35. The van der Waals surface area contributed by atoms with Crippen LogP contribution in [0, 0.1) is 0 Å². The molecule has 0 atom stereocenters. The fourth-order valence-electron chi connectivity index (χ4n) is 3.32. The number of Topliss-reactive ketones (excluding diaryl/α,β-unsaturated/α-hetero) is 1. The first kappa shape index (κ1) is 20.2. The van der Waals surface area contributed by atoms with E-state index in [1.54, 1.807) is 60.7 Å². The van der Waals surface area contributed by atoms with Gasteiger partial charge in [-0.3, -0.25) is 4.79 Å². The zero-order valence-electron chi connectivity index (χ0n) is 15.7. The summed E-state index contributed by atoms with van der Waals surface area (Å²) in [5.41, 5.74) is 4.05. The van der Waals surface area contributed by atoms with E-state index in [1.807, 2.05) is 6.07 Å². The van der Waals surface area contributed by atoms with Crippen molar-refractivity contribution in [3.63, 3.8) is 0 Å². The number of hydrogen-bond acceptors (Lipinski definition) is 3. The monoisotopic (exact) mass is 438 g/mol. The summed E-state index contributed by atoms with van der Waals surface area (Å²) >= 11 is 12.2. The van der Waals surface area contributed by atoms with Crippen LogP contribution in [0.3, 0.4) is 0 Å². The predicted molar refractivity (Wildman–Crippen MR) is 117 cm³/mol. The minimum Gasteiger partial charge on any atom is -0.489 e. The molecule has 0 saturated heterocycles. The SMILES string of the molecule is O=C(O)c1ccc(COc2ccc3c(c2)C/C(=C\c2ccc(Cl)cc2Cl)C3=O)cc1. The number of carboxylic acids is 1. The lowest BCUT2D eigenvalue weighted by Crippen LogP contribution is -1.99. The van der Waals surface area contributed by atoms with Gasteiger partial charge in [-0.15, -0.1) is 0 Å². The Morgan fingerprint density at radius 2 is 1.80 bits per heavy atom. The van der Waals surface area contributed by atoms with Crippen LogP contribution >= 0.6 is 23.2 Å².